The van der Waals surface area contributed by atoms with Crippen molar-refractivity contribution in [2.75, 3.05) is 12.4 Å². The number of carbonyl (C=O) groups is 2. The van der Waals surface area contributed by atoms with Crippen LogP contribution in [0.3, 0.4) is 0 Å². The SMILES string of the molecule is Cc1cn(C)nc1NC(=O)N(C)C1CC(C(N)=O)C1. The van der Waals surface area contributed by atoms with Crippen molar-refractivity contribution in [3.05, 3.63) is 11.8 Å². The van der Waals surface area contributed by atoms with Crippen molar-refractivity contribution in [3.63, 3.8) is 0 Å². The van der Waals surface area contributed by atoms with Crippen LogP contribution in [0.25, 0.3) is 0 Å². The maximum absolute atomic E-state index is 12.0. The van der Waals surface area contributed by atoms with Gasteiger partial charge in [0.05, 0.1) is 0 Å². The molecule has 1 heterocycles. The number of nitrogens with one attached hydrogen (secondary N) is 1. The number of rotatable bonds is 3. The first kappa shape index (κ1) is 13.4. The second-order valence-corrected chi connectivity index (χ2v) is 5.10. The van der Waals surface area contributed by atoms with Crippen molar-refractivity contribution in [1.82, 2.24) is 14.7 Å². The summed E-state index contributed by atoms with van der Waals surface area (Å²) < 4.78 is 1.65. The summed E-state index contributed by atoms with van der Waals surface area (Å²) >= 11 is 0. The fourth-order valence-electron chi connectivity index (χ4n) is 2.22. The molecule has 0 bridgehead atoms. The Morgan fingerprint density at radius 3 is 2.63 bits per heavy atom. The zero-order valence-electron chi connectivity index (χ0n) is 11.4. The molecule has 0 unspecified atom stereocenters. The van der Waals surface area contributed by atoms with Crippen LogP contribution in [-0.4, -0.2) is 39.7 Å². The highest BCUT2D eigenvalue weighted by Gasteiger charge is 2.37. The van der Waals surface area contributed by atoms with Crippen molar-refractivity contribution in [2.45, 2.75) is 25.8 Å². The van der Waals surface area contributed by atoms with Crippen LogP contribution in [-0.2, 0) is 11.8 Å². The number of urea groups is 1. The molecule has 0 saturated heterocycles. The number of aryl methyl sites for hydroxylation is 2. The van der Waals surface area contributed by atoms with Crippen LogP contribution in [0, 0.1) is 12.8 Å². The zero-order valence-corrected chi connectivity index (χ0v) is 11.4. The van der Waals surface area contributed by atoms with Crippen LogP contribution < -0.4 is 11.1 Å². The molecule has 1 saturated carbocycles. The molecule has 0 radical (unpaired) electrons. The number of amides is 3. The summed E-state index contributed by atoms with van der Waals surface area (Å²) in [6.45, 7) is 1.88. The molecule has 0 atom stereocenters. The average molecular weight is 265 g/mol. The van der Waals surface area contributed by atoms with Crippen LogP contribution in [0.5, 0.6) is 0 Å². The lowest BCUT2D eigenvalue weighted by atomic mass is 9.79. The van der Waals surface area contributed by atoms with E-state index in [4.69, 9.17) is 5.73 Å². The Labute approximate surface area is 111 Å². The smallest absolute Gasteiger partial charge is 0.323 e. The first-order valence-electron chi connectivity index (χ1n) is 6.22. The topological polar surface area (TPSA) is 93.2 Å². The van der Waals surface area contributed by atoms with Gasteiger partial charge in [0.1, 0.15) is 0 Å². The van der Waals surface area contributed by atoms with E-state index >= 15 is 0 Å². The van der Waals surface area contributed by atoms with E-state index < -0.39 is 0 Å². The lowest BCUT2D eigenvalue weighted by molar-refractivity contribution is -0.125. The Morgan fingerprint density at radius 1 is 1.53 bits per heavy atom. The van der Waals surface area contributed by atoms with Gasteiger partial charge in [-0.05, 0) is 19.8 Å². The fourth-order valence-corrected chi connectivity index (χ4v) is 2.22. The highest BCUT2D eigenvalue weighted by atomic mass is 16.2. The molecule has 1 aromatic heterocycles. The van der Waals surface area contributed by atoms with Gasteiger partial charge in [-0.2, -0.15) is 5.10 Å². The zero-order chi connectivity index (χ0) is 14.2. The molecule has 7 nitrogen and oxygen atoms in total. The van der Waals surface area contributed by atoms with Gasteiger partial charge in [0.2, 0.25) is 5.91 Å². The van der Waals surface area contributed by atoms with Crippen LogP contribution in [0.15, 0.2) is 6.20 Å². The van der Waals surface area contributed by atoms with E-state index in [1.807, 2.05) is 13.1 Å². The van der Waals surface area contributed by atoms with Crippen molar-refractivity contribution in [2.24, 2.45) is 18.7 Å². The molecular weight excluding hydrogens is 246 g/mol. The van der Waals surface area contributed by atoms with E-state index in [2.05, 4.69) is 10.4 Å². The molecule has 104 valence electrons. The molecule has 0 spiro atoms. The van der Waals surface area contributed by atoms with Gasteiger partial charge in [0, 0.05) is 37.8 Å². The Morgan fingerprint density at radius 2 is 2.16 bits per heavy atom. The van der Waals surface area contributed by atoms with E-state index in [1.54, 1.807) is 23.7 Å². The Kier molecular flexibility index (Phi) is 3.46. The average Bonchev–Trinajstić information content (AvgIpc) is 2.54. The van der Waals surface area contributed by atoms with Crippen molar-refractivity contribution < 1.29 is 9.59 Å². The summed E-state index contributed by atoms with van der Waals surface area (Å²) in [6, 6.07) is -0.142. The molecular formula is C12H19N5O2. The summed E-state index contributed by atoms with van der Waals surface area (Å²) in [5, 5.41) is 6.93. The summed E-state index contributed by atoms with van der Waals surface area (Å²) in [7, 11) is 3.52. The second-order valence-electron chi connectivity index (χ2n) is 5.10. The number of nitrogens with two attached hydrogens (primary N) is 1. The molecule has 1 fully saturated rings. The molecule has 7 heteroatoms. The van der Waals surface area contributed by atoms with Gasteiger partial charge in [0.25, 0.3) is 0 Å². The third-order valence-electron chi connectivity index (χ3n) is 3.62. The third kappa shape index (κ3) is 2.69. The fraction of sp³-hybridized carbons (Fsp3) is 0.583. The maximum atomic E-state index is 12.0. The molecule has 2 rings (SSSR count). The predicted octanol–water partition coefficient (Wildman–Crippen LogP) is 0.456. The maximum Gasteiger partial charge on any atom is 0.323 e. The van der Waals surface area contributed by atoms with Crippen LogP contribution in [0.1, 0.15) is 18.4 Å². The number of hydrogen-bond donors (Lipinski definition) is 2. The van der Waals surface area contributed by atoms with Gasteiger partial charge in [-0.1, -0.05) is 0 Å². The number of anilines is 1. The van der Waals surface area contributed by atoms with Crippen molar-refractivity contribution >= 4 is 17.8 Å². The van der Waals surface area contributed by atoms with Gasteiger partial charge in [-0.15, -0.1) is 0 Å². The Hall–Kier alpha value is -2.05. The number of hydrogen-bond acceptors (Lipinski definition) is 3. The second kappa shape index (κ2) is 4.91. The van der Waals surface area contributed by atoms with E-state index in [9.17, 15) is 9.59 Å². The summed E-state index contributed by atoms with van der Waals surface area (Å²) in [4.78, 5) is 24.6. The number of nitrogens with zero attached hydrogens (tertiary/aromatic N) is 3. The summed E-state index contributed by atoms with van der Waals surface area (Å²) in [5.74, 6) is 0.174. The van der Waals surface area contributed by atoms with E-state index in [1.165, 1.54) is 0 Å². The van der Waals surface area contributed by atoms with E-state index in [-0.39, 0.29) is 23.9 Å². The predicted molar refractivity (Wildman–Crippen MR) is 70.4 cm³/mol. The van der Waals surface area contributed by atoms with Gasteiger partial charge < -0.3 is 10.6 Å². The molecule has 3 N–H and O–H groups in total. The lowest BCUT2D eigenvalue weighted by Crippen LogP contribution is -2.50. The normalized spacial score (nSPS) is 21.6. The van der Waals surface area contributed by atoms with Gasteiger partial charge in [-0.3, -0.25) is 14.8 Å². The summed E-state index contributed by atoms with van der Waals surface area (Å²) in [5.41, 5.74) is 6.12. The summed E-state index contributed by atoms with van der Waals surface area (Å²) in [6.07, 6.45) is 3.11. The monoisotopic (exact) mass is 265 g/mol. The Balaban J connectivity index is 1.90. The first-order valence-corrected chi connectivity index (χ1v) is 6.22. The highest BCUT2D eigenvalue weighted by Crippen LogP contribution is 2.31. The van der Waals surface area contributed by atoms with Gasteiger partial charge in [-0.25, -0.2) is 4.79 Å². The van der Waals surface area contributed by atoms with Crippen molar-refractivity contribution in [3.8, 4) is 0 Å². The largest absolute Gasteiger partial charge is 0.369 e. The standard InChI is InChI=1S/C12H19N5O2/c1-7-6-16(2)15-11(7)14-12(19)17(3)9-4-8(5-9)10(13)18/h6,8-9H,4-5H2,1-3H3,(H2,13,18)(H,14,15,19). The lowest BCUT2D eigenvalue weighted by Gasteiger charge is -2.39. The first-order chi connectivity index (χ1) is 8.88. The van der Waals surface area contributed by atoms with Crippen LogP contribution in [0.4, 0.5) is 10.6 Å². The quantitative estimate of drug-likeness (QED) is 0.831. The third-order valence-corrected chi connectivity index (χ3v) is 3.62. The molecule has 1 aliphatic rings. The molecule has 3 amide bonds. The van der Waals surface area contributed by atoms with Crippen LogP contribution >= 0.6 is 0 Å². The highest BCUT2D eigenvalue weighted by molar-refractivity contribution is 5.89. The minimum atomic E-state index is -0.286. The Bertz CT molecular complexity index is 504. The number of primary amides is 1. The number of carbonyl (C=O) groups excluding carboxylic acids is 2. The van der Waals surface area contributed by atoms with Gasteiger partial charge >= 0.3 is 6.03 Å². The molecule has 1 aliphatic carbocycles. The van der Waals surface area contributed by atoms with Crippen molar-refractivity contribution in [1.29, 1.82) is 0 Å². The molecule has 1 aromatic rings. The van der Waals surface area contributed by atoms with Gasteiger partial charge in [0.15, 0.2) is 5.82 Å². The van der Waals surface area contributed by atoms with E-state index in [0.717, 1.165) is 5.56 Å². The minimum absolute atomic E-state index is 0.0709. The minimum Gasteiger partial charge on any atom is -0.369 e. The molecule has 19 heavy (non-hydrogen) atoms. The molecule has 0 aromatic carbocycles. The van der Waals surface area contributed by atoms with Crippen LogP contribution in [0.2, 0.25) is 0 Å². The molecule has 0 aliphatic heterocycles. The number of aromatic nitrogens is 2. The van der Waals surface area contributed by atoms with E-state index in [0.29, 0.717) is 18.7 Å².